The first-order chi connectivity index (χ1) is 8.84. The second kappa shape index (κ2) is 4.45. The van der Waals surface area contributed by atoms with Crippen LogP contribution in [0.3, 0.4) is 0 Å². The minimum atomic E-state index is -0.249. The molecule has 0 radical (unpaired) electrons. The van der Waals surface area contributed by atoms with Crippen molar-refractivity contribution in [2.24, 2.45) is 0 Å². The van der Waals surface area contributed by atoms with Gasteiger partial charge in [-0.05, 0) is 12.1 Å². The highest BCUT2D eigenvalue weighted by molar-refractivity contribution is 5.64. The van der Waals surface area contributed by atoms with Crippen molar-refractivity contribution in [1.82, 2.24) is 9.97 Å². The van der Waals surface area contributed by atoms with Gasteiger partial charge in [-0.1, -0.05) is 42.5 Å². The van der Waals surface area contributed by atoms with E-state index in [0.717, 1.165) is 11.4 Å². The second-order valence-electron chi connectivity index (χ2n) is 3.99. The first-order valence-electron chi connectivity index (χ1n) is 5.70. The molecule has 0 saturated carbocycles. The lowest BCUT2D eigenvalue weighted by atomic mass is 10.1. The van der Waals surface area contributed by atoms with Crippen molar-refractivity contribution < 1.29 is 4.39 Å². The third-order valence-electron chi connectivity index (χ3n) is 2.79. The number of hydrogen-bond acceptors (Lipinski definition) is 1. The van der Waals surface area contributed by atoms with Gasteiger partial charge < -0.3 is 4.98 Å². The van der Waals surface area contributed by atoms with E-state index in [1.165, 1.54) is 6.07 Å². The number of benzene rings is 2. The van der Waals surface area contributed by atoms with Crippen LogP contribution in [0.15, 0.2) is 60.8 Å². The summed E-state index contributed by atoms with van der Waals surface area (Å²) >= 11 is 0. The summed E-state index contributed by atoms with van der Waals surface area (Å²) in [5.41, 5.74) is 2.21. The van der Waals surface area contributed by atoms with Crippen LogP contribution >= 0.6 is 0 Å². The predicted molar refractivity (Wildman–Crippen MR) is 69.4 cm³/mol. The number of nitrogens with one attached hydrogen (secondary N) is 1. The Hall–Kier alpha value is -2.42. The molecular weight excluding hydrogens is 227 g/mol. The van der Waals surface area contributed by atoms with Crippen molar-refractivity contribution in [3.05, 3.63) is 66.6 Å². The van der Waals surface area contributed by atoms with Gasteiger partial charge in [0, 0.05) is 11.1 Å². The summed E-state index contributed by atoms with van der Waals surface area (Å²) in [5, 5.41) is 0. The SMILES string of the molecule is Fc1ccccc1-c1cnc(-c2ccccc2)[nH]1. The number of aromatic nitrogens is 2. The van der Waals surface area contributed by atoms with E-state index in [1.807, 2.05) is 30.3 Å². The Morgan fingerprint density at radius 2 is 1.61 bits per heavy atom. The van der Waals surface area contributed by atoms with Gasteiger partial charge in [0.05, 0.1) is 11.9 Å². The molecule has 1 heterocycles. The van der Waals surface area contributed by atoms with Crippen LogP contribution < -0.4 is 0 Å². The fourth-order valence-electron chi connectivity index (χ4n) is 1.88. The lowest BCUT2D eigenvalue weighted by Crippen LogP contribution is -1.84. The Morgan fingerprint density at radius 3 is 2.39 bits per heavy atom. The molecule has 0 aliphatic carbocycles. The van der Waals surface area contributed by atoms with Crippen molar-refractivity contribution in [2.75, 3.05) is 0 Å². The number of nitrogens with zero attached hydrogens (tertiary/aromatic N) is 1. The van der Waals surface area contributed by atoms with E-state index < -0.39 is 0 Å². The molecule has 0 aliphatic heterocycles. The van der Waals surface area contributed by atoms with Crippen LogP contribution in [0.2, 0.25) is 0 Å². The molecule has 2 nitrogen and oxygen atoms in total. The van der Waals surface area contributed by atoms with Crippen molar-refractivity contribution in [2.45, 2.75) is 0 Å². The summed E-state index contributed by atoms with van der Waals surface area (Å²) in [6.45, 7) is 0. The standard InChI is InChI=1S/C15H11FN2/c16-13-9-5-4-8-12(13)14-10-17-15(18-14)11-6-2-1-3-7-11/h1-10H,(H,17,18). The first kappa shape index (κ1) is 10.7. The quantitative estimate of drug-likeness (QED) is 0.721. The Morgan fingerprint density at radius 1 is 0.889 bits per heavy atom. The zero-order valence-electron chi connectivity index (χ0n) is 9.60. The number of hydrogen-bond donors (Lipinski definition) is 1. The highest BCUT2D eigenvalue weighted by Gasteiger charge is 2.08. The third-order valence-corrected chi connectivity index (χ3v) is 2.79. The summed E-state index contributed by atoms with van der Waals surface area (Å²) in [6, 6.07) is 16.4. The summed E-state index contributed by atoms with van der Waals surface area (Å²) in [7, 11) is 0. The Kier molecular flexibility index (Phi) is 2.65. The summed E-state index contributed by atoms with van der Waals surface area (Å²) in [5.74, 6) is 0.495. The van der Waals surface area contributed by atoms with Crippen LogP contribution in [0.5, 0.6) is 0 Å². The smallest absolute Gasteiger partial charge is 0.137 e. The van der Waals surface area contributed by atoms with E-state index in [0.29, 0.717) is 11.3 Å². The van der Waals surface area contributed by atoms with E-state index in [-0.39, 0.29) is 5.82 Å². The Labute approximate surface area is 104 Å². The average molecular weight is 238 g/mol. The van der Waals surface area contributed by atoms with Crippen molar-refractivity contribution in [1.29, 1.82) is 0 Å². The predicted octanol–water partition coefficient (Wildman–Crippen LogP) is 3.88. The highest BCUT2D eigenvalue weighted by Crippen LogP contribution is 2.23. The van der Waals surface area contributed by atoms with Gasteiger partial charge in [0.15, 0.2) is 0 Å². The van der Waals surface area contributed by atoms with Crippen LogP contribution in [0, 0.1) is 5.82 Å². The average Bonchev–Trinajstić information content (AvgIpc) is 2.90. The highest BCUT2D eigenvalue weighted by atomic mass is 19.1. The molecule has 3 aromatic rings. The second-order valence-corrected chi connectivity index (χ2v) is 3.99. The number of halogens is 1. The number of rotatable bonds is 2. The van der Waals surface area contributed by atoms with Crippen LogP contribution in [0.1, 0.15) is 0 Å². The number of H-pyrrole nitrogens is 1. The fraction of sp³-hybridized carbons (Fsp3) is 0. The molecule has 1 aromatic heterocycles. The van der Waals surface area contributed by atoms with Crippen LogP contribution in [0.25, 0.3) is 22.6 Å². The van der Waals surface area contributed by atoms with Crippen LogP contribution in [-0.4, -0.2) is 9.97 Å². The van der Waals surface area contributed by atoms with Gasteiger partial charge in [0.1, 0.15) is 11.6 Å². The zero-order valence-corrected chi connectivity index (χ0v) is 9.60. The van der Waals surface area contributed by atoms with Crippen LogP contribution in [-0.2, 0) is 0 Å². The van der Waals surface area contributed by atoms with Crippen molar-refractivity contribution in [3.63, 3.8) is 0 Å². The third kappa shape index (κ3) is 1.91. The maximum Gasteiger partial charge on any atom is 0.137 e. The topological polar surface area (TPSA) is 28.7 Å². The van der Waals surface area contributed by atoms with E-state index >= 15 is 0 Å². The van der Waals surface area contributed by atoms with Gasteiger partial charge in [0.2, 0.25) is 0 Å². The Bertz CT molecular complexity index is 659. The number of aromatic amines is 1. The largest absolute Gasteiger partial charge is 0.338 e. The van der Waals surface area contributed by atoms with E-state index in [1.54, 1.807) is 24.4 Å². The van der Waals surface area contributed by atoms with E-state index in [4.69, 9.17) is 0 Å². The molecule has 1 N–H and O–H groups in total. The van der Waals surface area contributed by atoms with E-state index in [9.17, 15) is 4.39 Å². The maximum absolute atomic E-state index is 13.6. The molecule has 3 heteroatoms. The molecule has 3 rings (SSSR count). The monoisotopic (exact) mass is 238 g/mol. The minimum absolute atomic E-state index is 0.249. The lowest BCUT2D eigenvalue weighted by Gasteiger charge is -1.99. The molecule has 0 spiro atoms. The maximum atomic E-state index is 13.6. The number of imidazole rings is 1. The van der Waals surface area contributed by atoms with Gasteiger partial charge in [-0.3, -0.25) is 0 Å². The molecule has 0 aliphatic rings. The van der Waals surface area contributed by atoms with Gasteiger partial charge in [-0.25, -0.2) is 9.37 Å². The van der Waals surface area contributed by atoms with Crippen LogP contribution in [0.4, 0.5) is 4.39 Å². The molecule has 18 heavy (non-hydrogen) atoms. The lowest BCUT2D eigenvalue weighted by molar-refractivity contribution is 0.631. The minimum Gasteiger partial charge on any atom is -0.338 e. The molecule has 0 bridgehead atoms. The molecule has 0 saturated heterocycles. The molecule has 0 unspecified atom stereocenters. The Balaban J connectivity index is 2.03. The van der Waals surface area contributed by atoms with Crippen molar-refractivity contribution >= 4 is 0 Å². The zero-order chi connectivity index (χ0) is 12.4. The molecule has 2 aromatic carbocycles. The van der Waals surface area contributed by atoms with Gasteiger partial charge >= 0.3 is 0 Å². The molecule has 88 valence electrons. The molecule has 0 atom stereocenters. The van der Waals surface area contributed by atoms with Gasteiger partial charge in [-0.2, -0.15) is 0 Å². The molecule has 0 fully saturated rings. The van der Waals surface area contributed by atoms with Crippen molar-refractivity contribution in [3.8, 4) is 22.6 Å². The van der Waals surface area contributed by atoms with Gasteiger partial charge in [0.25, 0.3) is 0 Å². The summed E-state index contributed by atoms with van der Waals surface area (Å²) in [6.07, 6.45) is 1.65. The summed E-state index contributed by atoms with van der Waals surface area (Å²) in [4.78, 5) is 7.42. The van der Waals surface area contributed by atoms with E-state index in [2.05, 4.69) is 9.97 Å². The fourth-order valence-corrected chi connectivity index (χ4v) is 1.88. The molecule has 0 amide bonds. The first-order valence-corrected chi connectivity index (χ1v) is 5.70. The summed E-state index contributed by atoms with van der Waals surface area (Å²) < 4.78 is 13.6. The normalized spacial score (nSPS) is 10.5. The van der Waals surface area contributed by atoms with Gasteiger partial charge in [-0.15, -0.1) is 0 Å². The molecular formula is C15H11FN2.